The number of ether oxygens (including phenoxy) is 3. The predicted octanol–water partition coefficient (Wildman–Crippen LogP) is 6.22. The highest BCUT2D eigenvalue weighted by atomic mass is 19.4. The zero-order chi connectivity index (χ0) is 28.2. The highest BCUT2D eigenvalue weighted by Crippen LogP contribution is 2.28. The van der Waals surface area contributed by atoms with Crippen LogP contribution in [0, 0.1) is 0 Å². The average Bonchev–Trinajstić information content (AvgIpc) is 3.41. The Bertz CT molecular complexity index is 1420. The minimum atomic E-state index is -4.86. The van der Waals surface area contributed by atoms with E-state index in [4.69, 9.17) is 9.47 Å². The van der Waals surface area contributed by atoms with Crippen molar-refractivity contribution in [2.45, 2.75) is 38.8 Å². The molecule has 0 spiro atoms. The van der Waals surface area contributed by atoms with Gasteiger partial charge in [-0.25, -0.2) is 0 Å². The second-order valence-corrected chi connectivity index (χ2v) is 8.47. The lowest BCUT2D eigenvalue weighted by atomic mass is 10.1. The van der Waals surface area contributed by atoms with Crippen molar-refractivity contribution in [2.75, 3.05) is 13.2 Å². The van der Waals surface area contributed by atoms with Crippen molar-refractivity contribution in [3.63, 3.8) is 0 Å². The van der Waals surface area contributed by atoms with E-state index in [2.05, 4.69) is 14.8 Å². The molecule has 0 unspecified atom stereocenters. The number of fused-ring (bicyclic) bond motifs is 1. The first-order chi connectivity index (χ1) is 18.4. The van der Waals surface area contributed by atoms with Crippen LogP contribution in [-0.4, -0.2) is 46.5 Å². The van der Waals surface area contributed by atoms with E-state index in [1.165, 1.54) is 18.2 Å². The Morgan fingerprint density at radius 3 is 2.38 bits per heavy atom. The van der Waals surface area contributed by atoms with E-state index >= 15 is 0 Å². The number of nitrogens with zero attached hydrogens (tertiary/aromatic N) is 2. The molecule has 0 fully saturated rings. The molecule has 0 bridgehead atoms. The summed E-state index contributed by atoms with van der Waals surface area (Å²) in [7, 11) is 0. The molecule has 7 nitrogen and oxygen atoms in total. The third-order valence-corrected chi connectivity index (χ3v) is 5.58. The summed E-state index contributed by atoms with van der Waals surface area (Å²) in [5.74, 6) is -0.338. The molecule has 0 saturated carbocycles. The number of benzene rings is 2. The first-order valence-corrected chi connectivity index (χ1v) is 11.8. The van der Waals surface area contributed by atoms with Gasteiger partial charge in [0, 0.05) is 40.8 Å². The maximum Gasteiger partial charge on any atom is 0.573 e. The highest BCUT2D eigenvalue weighted by Gasteiger charge is 2.31. The topological polar surface area (TPSA) is 78.4 Å². The lowest BCUT2D eigenvalue weighted by molar-refractivity contribution is -0.274. The van der Waals surface area contributed by atoms with Crippen molar-refractivity contribution in [1.82, 2.24) is 14.8 Å². The summed E-state index contributed by atoms with van der Waals surface area (Å²) in [5.41, 5.74) is 2.19. The van der Waals surface area contributed by atoms with Gasteiger partial charge in [-0.15, -0.1) is 13.2 Å². The van der Waals surface area contributed by atoms with Gasteiger partial charge in [-0.3, -0.25) is 9.48 Å². The maximum absolute atomic E-state index is 13.2. The van der Waals surface area contributed by atoms with Crippen LogP contribution >= 0.6 is 0 Å². The summed E-state index contributed by atoms with van der Waals surface area (Å²) in [6, 6.07) is 11.3. The molecule has 0 saturated heterocycles. The van der Waals surface area contributed by atoms with Gasteiger partial charge < -0.3 is 19.2 Å². The molecule has 1 N–H and O–H groups in total. The number of esters is 1. The van der Waals surface area contributed by atoms with Gasteiger partial charge in [0.25, 0.3) is 0 Å². The van der Waals surface area contributed by atoms with Gasteiger partial charge in [-0.05, 0) is 55.0 Å². The maximum atomic E-state index is 13.2. The zero-order valence-corrected chi connectivity index (χ0v) is 20.5. The van der Waals surface area contributed by atoms with Crippen LogP contribution in [-0.2, 0) is 28.9 Å². The number of alkyl halides is 6. The summed E-state index contributed by atoms with van der Waals surface area (Å²) < 4.78 is 92.0. The molecule has 0 atom stereocenters. The molecule has 0 aliphatic carbocycles. The molecular weight excluding hydrogens is 532 g/mol. The van der Waals surface area contributed by atoms with Crippen molar-refractivity contribution in [2.24, 2.45) is 0 Å². The van der Waals surface area contributed by atoms with Crippen molar-refractivity contribution in [3.05, 3.63) is 66.0 Å². The molecule has 0 aliphatic heterocycles. The molecule has 2 heterocycles. The van der Waals surface area contributed by atoms with E-state index in [9.17, 15) is 31.1 Å². The molecule has 39 heavy (non-hydrogen) atoms. The summed E-state index contributed by atoms with van der Waals surface area (Å²) in [4.78, 5) is 14.8. The van der Waals surface area contributed by atoms with E-state index in [0.29, 0.717) is 16.8 Å². The number of rotatable bonds is 10. The van der Waals surface area contributed by atoms with Gasteiger partial charge in [0.2, 0.25) is 0 Å². The number of carbonyl (C=O) groups is 1. The molecule has 2 aromatic carbocycles. The fourth-order valence-corrected chi connectivity index (χ4v) is 3.97. The number of aromatic amines is 1. The summed E-state index contributed by atoms with van der Waals surface area (Å²) in [6.07, 6.45) is -7.51. The van der Waals surface area contributed by atoms with E-state index in [0.717, 1.165) is 27.8 Å². The fourth-order valence-electron chi connectivity index (χ4n) is 3.97. The van der Waals surface area contributed by atoms with Crippen LogP contribution in [0.4, 0.5) is 26.3 Å². The van der Waals surface area contributed by atoms with Crippen LogP contribution in [0.25, 0.3) is 22.2 Å². The number of carbonyl (C=O) groups excluding carboxylic acids is 1. The normalized spacial score (nSPS) is 12.1. The molecule has 0 radical (unpaired) electrons. The van der Waals surface area contributed by atoms with Crippen molar-refractivity contribution in [1.29, 1.82) is 0 Å². The molecule has 13 heteroatoms. The Balaban J connectivity index is 1.45. The fraction of sp³-hybridized carbons (Fsp3) is 0.308. The first-order valence-electron chi connectivity index (χ1n) is 11.8. The van der Waals surface area contributed by atoms with Gasteiger partial charge >= 0.3 is 18.5 Å². The number of hydrogen-bond donors (Lipinski definition) is 1. The smallest absolute Gasteiger partial charge is 0.493 e. The zero-order valence-electron chi connectivity index (χ0n) is 20.5. The molecule has 208 valence electrons. The van der Waals surface area contributed by atoms with Crippen LogP contribution < -0.4 is 9.47 Å². The van der Waals surface area contributed by atoms with Gasteiger partial charge in [0.15, 0.2) is 0 Å². The number of H-pyrrole nitrogens is 1. The van der Waals surface area contributed by atoms with E-state index < -0.39 is 24.8 Å². The van der Waals surface area contributed by atoms with Crippen LogP contribution in [0.2, 0.25) is 0 Å². The van der Waals surface area contributed by atoms with Gasteiger partial charge in [0.05, 0.1) is 25.3 Å². The van der Waals surface area contributed by atoms with E-state index in [1.54, 1.807) is 31.3 Å². The van der Waals surface area contributed by atoms with Gasteiger partial charge in [0.1, 0.15) is 18.0 Å². The quantitative estimate of drug-likeness (QED) is 0.186. The Labute approximate surface area is 218 Å². The SMILES string of the molecule is CCOC(=O)Cc1c[nH]c2cc(OCCc3cc(-c4ccc(OC(F)(F)F)cc4)nn3CC(F)(F)F)ccc12. The summed E-state index contributed by atoms with van der Waals surface area (Å²) in [5, 5.41) is 4.83. The van der Waals surface area contributed by atoms with Crippen LogP contribution in [0.3, 0.4) is 0 Å². The van der Waals surface area contributed by atoms with Crippen LogP contribution in [0.15, 0.2) is 54.7 Å². The van der Waals surface area contributed by atoms with Crippen LogP contribution in [0.5, 0.6) is 11.5 Å². The van der Waals surface area contributed by atoms with Crippen LogP contribution in [0.1, 0.15) is 18.2 Å². The Morgan fingerprint density at radius 2 is 1.72 bits per heavy atom. The first kappa shape index (κ1) is 27.9. The molecule has 0 amide bonds. The number of nitrogens with one attached hydrogen (secondary N) is 1. The second kappa shape index (κ2) is 11.3. The van der Waals surface area contributed by atoms with Gasteiger partial charge in [-0.2, -0.15) is 18.3 Å². The third kappa shape index (κ3) is 7.68. The molecule has 4 aromatic rings. The standard InChI is InChI=1S/C26H23F6N3O4/c1-2-37-24(36)11-17-14-33-23-13-20(7-8-21(17)23)38-10-9-18-12-22(34-35(18)15-25(27,28)29)16-3-5-19(6-4-16)39-26(30,31)32/h3-8,12-14,33H,2,9-11,15H2,1H3. The molecule has 2 aromatic heterocycles. The lowest BCUT2D eigenvalue weighted by Gasteiger charge is -2.11. The third-order valence-electron chi connectivity index (χ3n) is 5.58. The van der Waals surface area contributed by atoms with Crippen molar-refractivity contribution >= 4 is 16.9 Å². The van der Waals surface area contributed by atoms with Crippen molar-refractivity contribution < 1.29 is 45.3 Å². The van der Waals surface area contributed by atoms with Gasteiger partial charge in [-0.1, -0.05) is 0 Å². The number of aromatic nitrogens is 3. The second-order valence-electron chi connectivity index (χ2n) is 8.47. The minimum Gasteiger partial charge on any atom is -0.493 e. The number of halogens is 6. The number of hydrogen-bond acceptors (Lipinski definition) is 5. The summed E-state index contributed by atoms with van der Waals surface area (Å²) >= 11 is 0. The molecular formula is C26H23F6N3O4. The van der Waals surface area contributed by atoms with E-state index in [-0.39, 0.29) is 43.4 Å². The molecule has 4 rings (SSSR count). The average molecular weight is 555 g/mol. The molecule has 0 aliphatic rings. The minimum absolute atomic E-state index is 0.0310. The Morgan fingerprint density at radius 1 is 1.00 bits per heavy atom. The van der Waals surface area contributed by atoms with E-state index in [1.807, 2.05) is 0 Å². The largest absolute Gasteiger partial charge is 0.573 e. The summed E-state index contributed by atoms with van der Waals surface area (Å²) in [6.45, 7) is 0.701. The lowest BCUT2D eigenvalue weighted by Crippen LogP contribution is -2.21. The monoisotopic (exact) mass is 555 g/mol. The predicted molar refractivity (Wildman–Crippen MR) is 128 cm³/mol. The Hall–Kier alpha value is -4.16. The van der Waals surface area contributed by atoms with Crippen molar-refractivity contribution in [3.8, 4) is 22.8 Å². The Kier molecular flexibility index (Phi) is 8.07. The highest BCUT2D eigenvalue weighted by molar-refractivity contribution is 5.88.